The highest BCUT2D eigenvalue weighted by Gasteiger charge is 2.31. The SMILES string of the molecule is O=C(NCCS(=O)(=O)c1ccccc1)N[C@@H]1c2ccccc2C[C@@H]1O. The van der Waals surface area contributed by atoms with Gasteiger partial charge >= 0.3 is 6.03 Å². The fraction of sp³-hybridized carbons (Fsp3) is 0.278. The van der Waals surface area contributed by atoms with Gasteiger partial charge in [0.25, 0.3) is 0 Å². The zero-order valence-corrected chi connectivity index (χ0v) is 14.4. The van der Waals surface area contributed by atoms with Gasteiger partial charge in [0.2, 0.25) is 0 Å². The van der Waals surface area contributed by atoms with E-state index in [9.17, 15) is 18.3 Å². The smallest absolute Gasteiger partial charge is 0.315 e. The van der Waals surface area contributed by atoms with Crippen LogP contribution in [0.25, 0.3) is 0 Å². The van der Waals surface area contributed by atoms with Crippen LogP contribution in [0.4, 0.5) is 4.79 Å². The van der Waals surface area contributed by atoms with Crippen LogP contribution in [0.5, 0.6) is 0 Å². The zero-order chi connectivity index (χ0) is 17.9. The van der Waals surface area contributed by atoms with Crippen molar-refractivity contribution in [3.63, 3.8) is 0 Å². The fourth-order valence-corrected chi connectivity index (χ4v) is 4.16. The molecular formula is C18H20N2O4S. The normalized spacial score (nSPS) is 19.2. The van der Waals surface area contributed by atoms with E-state index in [1.807, 2.05) is 24.3 Å². The molecule has 0 radical (unpaired) electrons. The standard InChI is InChI=1S/C18H20N2O4S/c21-16-12-13-6-4-5-9-15(13)17(16)20-18(22)19-10-11-25(23,24)14-7-2-1-3-8-14/h1-9,16-17,21H,10-12H2,(H2,19,20,22)/t16-,17+/m0/s1. The van der Waals surface area contributed by atoms with Crippen molar-refractivity contribution < 1.29 is 18.3 Å². The predicted molar refractivity (Wildman–Crippen MR) is 93.9 cm³/mol. The topological polar surface area (TPSA) is 95.5 Å². The Hall–Kier alpha value is -2.38. The van der Waals surface area contributed by atoms with Crippen molar-refractivity contribution in [1.29, 1.82) is 0 Å². The van der Waals surface area contributed by atoms with Crippen LogP contribution in [0, 0.1) is 0 Å². The van der Waals surface area contributed by atoms with Crippen LogP contribution in [0.3, 0.4) is 0 Å². The third-order valence-corrected chi connectivity index (χ3v) is 5.98. The molecule has 2 aromatic carbocycles. The second-order valence-corrected chi connectivity index (χ2v) is 8.09. The van der Waals surface area contributed by atoms with E-state index < -0.39 is 28.0 Å². The number of carbonyl (C=O) groups is 1. The number of amides is 2. The summed E-state index contributed by atoms with van der Waals surface area (Å²) in [6.07, 6.45) is -0.194. The van der Waals surface area contributed by atoms with Gasteiger partial charge in [0.15, 0.2) is 9.84 Å². The van der Waals surface area contributed by atoms with E-state index in [4.69, 9.17) is 0 Å². The molecule has 0 heterocycles. The number of sulfone groups is 1. The maximum atomic E-state index is 12.2. The molecule has 3 rings (SSSR count). The molecule has 2 atom stereocenters. The number of aliphatic hydroxyl groups excluding tert-OH is 1. The molecule has 0 unspecified atom stereocenters. The van der Waals surface area contributed by atoms with Gasteiger partial charge in [0.1, 0.15) is 0 Å². The largest absolute Gasteiger partial charge is 0.390 e. The molecule has 0 saturated heterocycles. The Balaban J connectivity index is 1.54. The number of urea groups is 1. The molecule has 132 valence electrons. The lowest BCUT2D eigenvalue weighted by Crippen LogP contribution is -2.42. The zero-order valence-electron chi connectivity index (χ0n) is 13.6. The summed E-state index contributed by atoms with van der Waals surface area (Å²) in [6.45, 7) is -0.00643. The highest BCUT2D eigenvalue weighted by Crippen LogP contribution is 2.30. The van der Waals surface area contributed by atoms with Gasteiger partial charge in [-0.25, -0.2) is 13.2 Å². The van der Waals surface area contributed by atoms with Crippen molar-refractivity contribution in [3.8, 4) is 0 Å². The molecule has 0 bridgehead atoms. The molecule has 3 N–H and O–H groups in total. The van der Waals surface area contributed by atoms with Gasteiger partial charge < -0.3 is 15.7 Å². The first-order valence-corrected chi connectivity index (χ1v) is 9.70. The number of nitrogens with one attached hydrogen (secondary N) is 2. The number of hydrogen-bond acceptors (Lipinski definition) is 4. The Morgan fingerprint density at radius 3 is 2.52 bits per heavy atom. The van der Waals surface area contributed by atoms with Gasteiger partial charge in [-0.3, -0.25) is 0 Å². The predicted octanol–water partition coefficient (Wildman–Crippen LogP) is 1.42. The summed E-state index contributed by atoms with van der Waals surface area (Å²) in [7, 11) is -3.43. The molecule has 1 aliphatic rings. The van der Waals surface area contributed by atoms with Crippen molar-refractivity contribution in [1.82, 2.24) is 10.6 Å². The summed E-state index contributed by atoms with van der Waals surface area (Å²) in [5.74, 6) is -0.186. The van der Waals surface area contributed by atoms with Crippen molar-refractivity contribution in [3.05, 3.63) is 65.7 Å². The van der Waals surface area contributed by atoms with Crippen LogP contribution in [-0.2, 0) is 16.3 Å². The molecule has 0 spiro atoms. The van der Waals surface area contributed by atoms with E-state index in [-0.39, 0.29) is 17.2 Å². The molecule has 25 heavy (non-hydrogen) atoms. The van der Waals surface area contributed by atoms with Crippen molar-refractivity contribution in [2.24, 2.45) is 0 Å². The minimum absolute atomic E-state index is 0.00643. The Kier molecular flexibility index (Phi) is 5.06. The van der Waals surface area contributed by atoms with Gasteiger partial charge in [0.05, 0.1) is 22.8 Å². The second-order valence-electron chi connectivity index (χ2n) is 5.98. The number of aliphatic hydroxyl groups is 1. The van der Waals surface area contributed by atoms with Gasteiger partial charge in [-0.1, -0.05) is 42.5 Å². The molecule has 2 amide bonds. The Labute approximate surface area is 146 Å². The molecule has 2 aromatic rings. The van der Waals surface area contributed by atoms with Crippen LogP contribution < -0.4 is 10.6 Å². The quantitative estimate of drug-likeness (QED) is 0.751. The van der Waals surface area contributed by atoms with E-state index in [1.54, 1.807) is 18.2 Å². The average molecular weight is 360 g/mol. The van der Waals surface area contributed by atoms with Crippen molar-refractivity contribution in [2.45, 2.75) is 23.5 Å². The molecule has 0 saturated carbocycles. The van der Waals surface area contributed by atoms with Crippen LogP contribution >= 0.6 is 0 Å². The number of hydrogen-bond donors (Lipinski definition) is 3. The monoisotopic (exact) mass is 360 g/mol. The Bertz CT molecular complexity index is 852. The Morgan fingerprint density at radius 1 is 1.08 bits per heavy atom. The summed E-state index contributed by atoms with van der Waals surface area (Å²) in [4.78, 5) is 12.3. The van der Waals surface area contributed by atoms with E-state index in [0.717, 1.165) is 11.1 Å². The molecule has 1 aliphatic carbocycles. The third kappa shape index (κ3) is 4.00. The molecule has 0 aromatic heterocycles. The van der Waals surface area contributed by atoms with Crippen LogP contribution in [0.15, 0.2) is 59.5 Å². The highest BCUT2D eigenvalue weighted by molar-refractivity contribution is 7.91. The Morgan fingerprint density at radius 2 is 1.76 bits per heavy atom. The number of carbonyl (C=O) groups excluding carboxylic acids is 1. The first kappa shape index (κ1) is 17.4. The first-order chi connectivity index (χ1) is 12.0. The minimum atomic E-state index is -3.43. The molecule has 0 aliphatic heterocycles. The third-order valence-electron chi connectivity index (χ3n) is 4.25. The lowest BCUT2D eigenvalue weighted by atomic mass is 10.1. The lowest BCUT2D eigenvalue weighted by molar-refractivity contribution is 0.142. The minimum Gasteiger partial charge on any atom is -0.390 e. The van der Waals surface area contributed by atoms with Gasteiger partial charge in [-0.05, 0) is 23.3 Å². The summed E-state index contributed by atoms with van der Waals surface area (Å²) < 4.78 is 24.3. The highest BCUT2D eigenvalue weighted by atomic mass is 32.2. The van der Waals surface area contributed by atoms with Crippen LogP contribution in [0.2, 0.25) is 0 Å². The molecule has 6 nitrogen and oxygen atoms in total. The number of benzene rings is 2. The summed E-state index contributed by atoms with van der Waals surface area (Å²) in [5, 5.41) is 15.4. The number of rotatable bonds is 5. The summed E-state index contributed by atoms with van der Waals surface area (Å²) >= 11 is 0. The van der Waals surface area contributed by atoms with Crippen molar-refractivity contribution >= 4 is 15.9 Å². The molecular weight excluding hydrogens is 340 g/mol. The summed E-state index contributed by atoms with van der Waals surface area (Å²) in [5.41, 5.74) is 1.90. The second kappa shape index (κ2) is 7.25. The van der Waals surface area contributed by atoms with Crippen molar-refractivity contribution in [2.75, 3.05) is 12.3 Å². The molecule has 7 heteroatoms. The maximum absolute atomic E-state index is 12.2. The van der Waals surface area contributed by atoms with Gasteiger partial charge in [-0.15, -0.1) is 0 Å². The van der Waals surface area contributed by atoms with Gasteiger partial charge in [0, 0.05) is 13.0 Å². The first-order valence-electron chi connectivity index (χ1n) is 8.05. The summed E-state index contributed by atoms with van der Waals surface area (Å²) in [6, 6.07) is 14.7. The average Bonchev–Trinajstić information content (AvgIpc) is 2.91. The van der Waals surface area contributed by atoms with E-state index >= 15 is 0 Å². The van der Waals surface area contributed by atoms with Gasteiger partial charge in [-0.2, -0.15) is 0 Å². The van der Waals surface area contributed by atoms with E-state index in [2.05, 4.69) is 10.6 Å². The van der Waals surface area contributed by atoms with Crippen LogP contribution in [-0.4, -0.2) is 38.0 Å². The maximum Gasteiger partial charge on any atom is 0.315 e. The molecule has 0 fully saturated rings. The van der Waals surface area contributed by atoms with E-state index in [1.165, 1.54) is 12.1 Å². The lowest BCUT2D eigenvalue weighted by Gasteiger charge is -2.18. The fourth-order valence-electron chi connectivity index (χ4n) is 2.98. The van der Waals surface area contributed by atoms with Crippen LogP contribution in [0.1, 0.15) is 17.2 Å². The van der Waals surface area contributed by atoms with E-state index in [0.29, 0.717) is 6.42 Å². The number of fused-ring (bicyclic) bond motifs is 1.